The van der Waals surface area contributed by atoms with Gasteiger partial charge in [0.25, 0.3) is 0 Å². The molecule has 0 heterocycles. The summed E-state index contributed by atoms with van der Waals surface area (Å²) in [6.07, 6.45) is -0.0452. The predicted octanol–water partition coefficient (Wildman–Crippen LogP) is 0.874. The third-order valence-corrected chi connectivity index (χ3v) is 2.57. The van der Waals surface area contributed by atoms with Crippen molar-refractivity contribution in [2.24, 2.45) is 5.73 Å². The largest absolute Gasteiger partial charge is 0.497 e. The number of hydrogen-bond donors (Lipinski definition) is 2. The molecule has 0 spiro atoms. The molecule has 1 aromatic rings. The SMILES string of the molecule is COc1cc(C)c(CC(O)CN)c(OC)c1. The lowest BCUT2D eigenvalue weighted by molar-refractivity contribution is 0.182. The summed E-state index contributed by atoms with van der Waals surface area (Å²) in [5.74, 6) is 1.48. The van der Waals surface area contributed by atoms with Crippen molar-refractivity contribution < 1.29 is 14.6 Å². The number of rotatable bonds is 5. The average Bonchev–Trinajstić information content (AvgIpc) is 2.30. The Labute approximate surface area is 96.0 Å². The minimum atomic E-state index is -0.541. The maximum absolute atomic E-state index is 9.57. The van der Waals surface area contributed by atoms with Crippen molar-refractivity contribution in [1.82, 2.24) is 0 Å². The van der Waals surface area contributed by atoms with Crippen LogP contribution in [0.15, 0.2) is 12.1 Å². The van der Waals surface area contributed by atoms with Gasteiger partial charge >= 0.3 is 0 Å². The fraction of sp³-hybridized carbons (Fsp3) is 0.500. The highest BCUT2D eigenvalue weighted by Gasteiger charge is 2.13. The van der Waals surface area contributed by atoms with Crippen LogP contribution in [0.3, 0.4) is 0 Å². The smallest absolute Gasteiger partial charge is 0.126 e. The molecular weight excluding hydrogens is 206 g/mol. The van der Waals surface area contributed by atoms with Gasteiger partial charge in [0.1, 0.15) is 11.5 Å². The van der Waals surface area contributed by atoms with Crippen molar-refractivity contribution in [3.8, 4) is 11.5 Å². The summed E-state index contributed by atoms with van der Waals surface area (Å²) >= 11 is 0. The van der Waals surface area contributed by atoms with Crippen molar-refractivity contribution in [2.75, 3.05) is 20.8 Å². The van der Waals surface area contributed by atoms with Gasteiger partial charge in [0, 0.05) is 19.0 Å². The lowest BCUT2D eigenvalue weighted by Gasteiger charge is -2.15. The third kappa shape index (κ3) is 2.87. The number of benzene rings is 1. The second-order valence-corrected chi connectivity index (χ2v) is 3.72. The van der Waals surface area contributed by atoms with Gasteiger partial charge in [-0.2, -0.15) is 0 Å². The number of nitrogens with two attached hydrogens (primary N) is 1. The monoisotopic (exact) mass is 225 g/mol. The summed E-state index contributed by atoms with van der Waals surface area (Å²) in [6, 6.07) is 3.73. The predicted molar refractivity (Wildman–Crippen MR) is 63.0 cm³/mol. The minimum absolute atomic E-state index is 0.245. The molecule has 0 fully saturated rings. The van der Waals surface area contributed by atoms with Gasteiger partial charge in [-0.25, -0.2) is 0 Å². The van der Waals surface area contributed by atoms with E-state index in [-0.39, 0.29) is 6.54 Å². The van der Waals surface area contributed by atoms with Crippen LogP contribution in [0.25, 0.3) is 0 Å². The Morgan fingerprint density at radius 3 is 2.50 bits per heavy atom. The number of methoxy groups -OCH3 is 2. The van der Waals surface area contributed by atoms with Gasteiger partial charge in [-0.1, -0.05) is 0 Å². The molecule has 1 atom stereocenters. The van der Waals surface area contributed by atoms with E-state index in [9.17, 15) is 5.11 Å². The Bertz CT molecular complexity index is 352. The first-order valence-corrected chi connectivity index (χ1v) is 5.22. The molecule has 0 saturated heterocycles. The van der Waals surface area contributed by atoms with Crippen molar-refractivity contribution in [2.45, 2.75) is 19.4 Å². The molecule has 0 amide bonds. The van der Waals surface area contributed by atoms with E-state index in [0.29, 0.717) is 6.42 Å². The summed E-state index contributed by atoms with van der Waals surface area (Å²) in [5, 5.41) is 9.57. The normalized spacial score (nSPS) is 12.3. The zero-order chi connectivity index (χ0) is 12.1. The van der Waals surface area contributed by atoms with E-state index in [1.54, 1.807) is 14.2 Å². The molecule has 0 bridgehead atoms. The van der Waals surface area contributed by atoms with Crippen LogP contribution >= 0.6 is 0 Å². The molecule has 1 aromatic carbocycles. The number of aryl methyl sites for hydroxylation is 1. The van der Waals surface area contributed by atoms with Crippen molar-refractivity contribution >= 4 is 0 Å². The standard InChI is InChI=1S/C12H19NO3/c1-8-4-10(15-2)6-12(16-3)11(8)5-9(14)7-13/h4,6,9,14H,5,7,13H2,1-3H3. The van der Waals surface area contributed by atoms with Gasteiger partial charge in [-0.3, -0.25) is 0 Å². The maximum Gasteiger partial charge on any atom is 0.126 e. The number of aliphatic hydroxyl groups excluding tert-OH is 1. The summed E-state index contributed by atoms with van der Waals surface area (Å²) < 4.78 is 10.4. The highest BCUT2D eigenvalue weighted by molar-refractivity contribution is 5.46. The zero-order valence-electron chi connectivity index (χ0n) is 9.99. The molecule has 0 aliphatic rings. The van der Waals surface area contributed by atoms with Crippen molar-refractivity contribution in [3.05, 3.63) is 23.3 Å². The van der Waals surface area contributed by atoms with E-state index in [4.69, 9.17) is 15.2 Å². The average molecular weight is 225 g/mol. The Balaban J connectivity index is 3.06. The van der Waals surface area contributed by atoms with Gasteiger partial charge in [-0.05, 0) is 24.1 Å². The van der Waals surface area contributed by atoms with E-state index in [2.05, 4.69) is 0 Å². The summed E-state index contributed by atoms with van der Waals surface area (Å²) in [6.45, 7) is 2.21. The molecule has 0 saturated carbocycles. The third-order valence-electron chi connectivity index (χ3n) is 2.57. The van der Waals surface area contributed by atoms with E-state index in [0.717, 1.165) is 22.6 Å². The molecule has 4 heteroatoms. The molecule has 0 radical (unpaired) electrons. The van der Waals surface area contributed by atoms with Crippen molar-refractivity contribution in [1.29, 1.82) is 0 Å². The first kappa shape index (κ1) is 12.8. The zero-order valence-corrected chi connectivity index (χ0v) is 9.99. The van der Waals surface area contributed by atoms with E-state index >= 15 is 0 Å². The number of ether oxygens (including phenoxy) is 2. The molecule has 16 heavy (non-hydrogen) atoms. The first-order chi connectivity index (χ1) is 7.62. The van der Waals surface area contributed by atoms with Crippen LogP contribution in [0.1, 0.15) is 11.1 Å². The second-order valence-electron chi connectivity index (χ2n) is 3.72. The topological polar surface area (TPSA) is 64.7 Å². The minimum Gasteiger partial charge on any atom is -0.497 e. The molecule has 4 nitrogen and oxygen atoms in total. The van der Waals surface area contributed by atoms with Crippen LogP contribution in [-0.4, -0.2) is 32.0 Å². The molecule has 1 rings (SSSR count). The Morgan fingerprint density at radius 2 is 2.00 bits per heavy atom. The van der Waals surface area contributed by atoms with Crippen LogP contribution in [0.5, 0.6) is 11.5 Å². The molecule has 0 aliphatic carbocycles. The molecule has 0 aromatic heterocycles. The van der Waals surface area contributed by atoms with Gasteiger partial charge in [0.15, 0.2) is 0 Å². The lowest BCUT2D eigenvalue weighted by atomic mass is 10.0. The quantitative estimate of drug-likeness (QED) is 0.780. The molecular formula is C12H19NO3. The van der Waals surface area contributed by atoms with Crippen molar-refractivity contribution in [3.63, 3.8) is 0 Å². The molecule has 0 aliphatic heterocycles. The van der Waals surface area contributed by atoms with Gasteiger partial charge < -0.3 is 20.3 Å². The fourth-order valence-electron chi connectivity index (χ4n) is 1.63. The molecule has 3 N–H and O–H groups in total. The number of aliphatic hydroxyl groups is 1. The van der Waals surface area contributed by atoms with Crippen LogP contribution in [-0.2, 0) is 6.42 Å². The van der Waals surface area contributed by atoms with E-state index in [1.807, 2.05) is 19.1 Å². The van der Waals surface area contributed by atoms with Gasteiger partial charge in [0.05, 0.1) is 20.3 Å². The highest BCUT2D eigenvalue weighted by Crippen LogP contribution is 2.29. The second kappa shape index (κ2) is 5.72. The van der Waals surface area contributed by atoms with Crippen LogP contribution in [0.4, 0.5) is 0 Å². The van der Waals surface area contributed by atoms with Gasteiger partial charge in [0.2, 0.25) is 0 Å². The molecule has 1 unspecified atom stereocenters. The fourth-order valence-corrected chi connectivity index (χ4v) is 1.63. The maximum atomic E-state index is 9.57. The van der Waals surface area contributed by atoms with E-state index < -0.39 is 6.10 Å². The Morgan fingerprint density at radius 1 is 1.31 bits per heavy atom. The summed E-state index contributed by atoms with van der Waals surface area (Å²) in [4.78, 5) is 0. The summed E-state index contributed by atoms with van der Waals surface area (Å²) in [7, 11) is 3.22. The summed E-state index contributed by atoms with van der Waals surface area (Å²) in [5.41, 5.74) is 7.41. The Hall–Kier alpha value is -1.26. The molecule has 90 valence electrons. The van der Waals surface area contributed by atoms with Gasteiger partial charge in [-0.15, -0.1) is 0 Å². The first-order valence-electron chi connectivity index (χ1n) is 5.22. The number of hydrogen-bond acceptors (Lipinski definition) is 4. The Kier molecular flexibility index (Phi) is 4.58. The van der Waals surface area contributed by atoms with Crippen LogP contribution in [0, 0.1) is 6.92 Å². The van der Waals surface area contributed by atoms with Crippen LogP contribution in [0.2, 0.25) is 0 Å². The lowest BCUT2D eigenvalue weighted by Crippen LogP contribution is -2.22. The highest BCUT2D eigenvalue weighted by atomic mass is 16.5. The van der Waals surface area contributed by atoms with Crippen LogP contribution < -0.4 is 15.2 Å². The van der Waals surface area contributed by atoms with E-state index in [1.165, 1.54) is 0 Å².